The van der Waals surface area contributed by atoms with E-state index in [0.717, 1.165) is 117 Å². The van der Waals surface area contributed by atoms with E-state index in [1.165, 1.54) is 87.6 Å². The van der Waals surface area contributed by atoms with E-state index < -0.39 is 0 Å². The SMILES string of the molecule is CC1(C)c2ccccc2-c2cc3c(cc21)N(c1nc(-c2cccc(-c4cc(-c5cccc(-c6cccc7ccccc67)c5)cc(-c5cccc(-c6cccc7ccccc67)c5)c4)c2)nc(-c2cccc(-c4cc(-c5cccc(-c6cccc7ccccc67)c5)cc(-c5cccc(-c6cccc7ccccc67)c5)c4)c2)n1)C1C=CC=CC1N3c1ccccc1. The van der Waals surface area contributed by atoms with Crippen LogP contribution in [0.3, 0.4) is 0 Å². The van der Waals surface area contributed by atoms with Crippen molar-refractivity contribution in [1.82, 2.24) is 15.0 Å². The monoisotopic (exact) mass is 1570 g/mol. The Morgan fingerprint density at radius 2 is 0.496 bits per heavy atom. The molecule has 0 bridgehead atoms. The van der Waals surface area contributed by atoms with Crippen LogP contribution in [-0.2, 0) is 5.41 Å². The van der Waals surface area contributed by atoms with E-state index in [1.54, 1.807) is 0 Å². The summed E-state index contributed by atoms with van der Waals surface area (Å²) in [6, 6.07) is 154. The summed E-state index contributed by atoms with van der Waals surface area (Å²) in [6.45, 7) is 4.74. The van der Waals surface area contributed by atoms with Crippen molar-refractivity contribution in [3.05, 3.63) is 454 Å². The van der Waals surface area contributed by atoms with Crippen molar-refractivity contribution in [1.29, 1.82) is 0 Å². The first-order chi connectivity index (χ1) is 60.7. The lowest BCUT2D eigenvalue weighted by atomic mass is 9.81. The van der Waals surface area contributed by atoms with Crippen LogP contribution < -0.4 is 9.80 Å². The molecule has 0 amide bonds. The van der Waals surface area contributed by atoms with Gasteiger partial charge in [-0.3, -0.25) is 4.90 Å². The highest BCUT2D eigenvalue weighted by Gasteiger charge is 2.44. The summed E-state index contributed by atoms with van der Waals surface area (Å²) in [5, 5.41) is 9.74. The second-order valence-electron chi connectivity index (χ2n) is 33.4. The Morgan fingerprint density at radius 1 is 0.211 bits per heavy atom. The Balaban J connectivity index is 0.717. The number of benzene rings is 19. The van der Waals surface area contributed by atoms with Crippen LogP contribution in [0, 0.1) is 0 Å². The van der Waals surface area contributed by atoms with E-state index >= 15 is 0 Å². The van der Waals surface area contributed by atoms with Crippen LogP contribution in [0.25, 0.3) is 188 Å². The number of hydrogen-bond donors (Lipinski definition) is 0. The van der Waals surface area contributed by atoms with Crippen LogP contribution in [0.2, 0.25) is 0 Å². The summed E-state index contributed by atoms with van der Waals surface area (Å²) in [6.07, 6.45) is 9.07. The van der Waals surface area contributed by atoms with Gasteiger partial charge in [0.05, 0.1) is 23.5 Å². The quantitative estimate of drug-likeness (QED) is 0.109. The molecule has 19 aromatic carbocycles. The standard InChI is InChI=1S/C118H81N5/c1-118(2)109-59-15-14-54-107(109)108-74-113-114(75-110(108)118)123(112-61-17-16-60-111(112)122(113)98-48-4-3-5-49-98)117-120-115(90-46-22-40-84(66-90)96-70-92(80-36-18-42-86(62-80)103-55-24-32-76-28-6-10-50-99(76)103)68-93(71-96)81-37-19-43-87(63-81)104-56-25-33-77-29-7-11-51-100(77)104)119-116(121-117)91-47-23-41-85(67-91)97-72-94(82-38-20-44-88(64-82)105-57-26-34-78-30-8-12-52-101(78)105)69-95(73-97)83-39-21-45-89(65-83)106-58-27-35-79-31-9-13-53-102(79)106/h3-75,111-112H,1-2H3. The van der Waals surface area contributed by atoms with Gasteiger partial charge in [0, 0.05) is 22.2 Å². The molecule has 3 aliphatic rings. The van der Waals surface area contributed by atoms with Crippen molar-refractivity contribution in [2.24, 2.45) is 0 Å². The number of para-hydroxylation sites is 1. The molecular weight excluding hydrogens is 1490 g/mol. The zero-order chi connectivity index (χ0) is 81.6. The molecule has 2 unspecified atom stereocenters. The van der Waals surface area contributed by atoms with Gasteiger partial charge in [0.1, 0.15) is 0 Å². The highest BCUT2D eigenvalue weighted by atomic mass is 15.4. The van der Waals surface area contributed by atoms with Gasteiger partial charge in [-0.2, -0.15) is 9.97 Å². The fourth-order valence-corrected chi connectivity index (χ4v) is 19.7. The molecule has 0 N–H and O–H groups in total. The number of aromatic nitrogens is 3. The van der Waals surface area contributed by atoms with E-state index in [-0.39, 0.29) is 17.5 Å². The van der Waals surface area contributed by atoms with Crippen molar-refractivity contribution >= 4 is 66.1 Å². The molecule has 5 nitrogen and oxygen atoms in total. The number of rotatable bonds is 14. The molecular formula is C118H81N5. The molecule has 1 aromatic heterocycles. The number of hydrogen-bond acceptors (Lipinski definition) is 5. The third-order valence-electron chi connectivity index (χ3n) is 25.7. The maximum absolute atomic E-state index is 5.88. The molecule has 0 radical (unpaired) electrons. The minimum absolute atomic E-state index is 0.160. The Kier molecular flexibility index (Phi) is 17.7. The summed E-state index contributed by atoms with van der Waals surface area (Å²) >= 11 is 0. The second kappa shape index (κ2) is 30.0. The lowest BCUT2D eigenvalue weighted by molar-refractivity contribution is 0.623. The Bertz CT molecular complexity index is 7060. The van der Waals surface area contributed by atoms with Crippen LogP contribution in [0.4, 0.5) is 23.0 Å². The normalized spacial score (nSPS) is 14.2. The summed E-state index contributed by atoms with van der Waals surface area (Å²) in [5.41, 5.74) is 32.2. The third-order valence-corrected chi connectivity index (χ3v) is 25.7. The Morgan fingerprint density at radius 3 is 0.886 bits per heavy atom. The zero-order valence-electron chi connectivity index (χ0n) is 68.0. The van der Waals surface area contributed by atoms with Gasteiger partial charge in [-0.15, -0.1) is 0 Å². The molecule has 0 saturated heterocycles. The topological polar surface area (TPSA) is 45.2 Å². The van der Waals surface area contributed by atoms with Gasteiger partial charge in [0.25, 0.3) is 0 Å². The molecule has 578 valence electrons. The molecule has 5 heteroatoms. The average molecular weight is 1570 g/mol. The fourth-order valence-electron chi connectivity index (χ4n) is 19.7. The lowest BCUT2D eigenvalue weighted by Gasteiger charge is -2.48. The van der Waals surface area contributed by atoms with Gasteiger partial charge in [-0.25, -0.2) is 4.98 Å². The zero-order valence-corrected chi connectivity index (χ0v) is 68.0. The van der Waals surface area contributed by atoms with Gasteiger partial charge < -0.3 is 4.90 Å². The van der Waals surface area contributed by atoms with Crippen LogP contribution in [0.15, 0.2) is 443 Å². The maximum Gasteiger partial charge on any atom is 0.234 e. The Labute approximate surface area is 716 Å². The Hall–Kier alpha value is -15.7. The number of allylic oxidation sites excluding steroid dienone is 2. The molecule has 2 heterocycles. The number of anilines is 4. The van der Waals surface area contributed by atoms with E-state index in [0.29, 0.717) is 17.6 Å². The van der Waals surface area contributed by atoms with Crippen LogP contribution >= 0.6 is 0 Å². The second-order valence-corrected chi connectivity index (χ2v) is 33.4. The number of nitrogens with zero attached hydrogens (tertiary/aromatic N) is 5. The molecule has 0 fully saturated rings. The molecule has 23 rings (SSSR count). The summed E-state index contributed by atoms with van der Waals surface area (Å²) in [4.78, 5) is 22.5. The minimum atomic E-state index is -0.313. The first kappa shape index (κ1) is 72.5. The van der Waals surface area contributed by atoms with Gasteiger partial charge in [0.2, 0.25) is 5.95 Å². The van der Waals surface area contributed by atoms with Crippen LogP contribution in [0.5, 0.6) is 0 Å². The molecule has 1 aliphatic heterocycles. The van der Waals surface area contributed by atoms with Gasteiger partial charge in [0.15, 0.2) is 11.6 Å². The maximum atomic E-state index is 5.88. The van der Waals surface area contributed by atoms with Crippen LogP contribution in [-0.4, -0.2) is 27.0 Å². The van der Waals surface area contributed by atoms with Crippen LogP contribution in [0.1, 0.15) is 25.0 Å². The third kappa shape index (κ3) is 13.0. The predicted molar refractivity (Wildman–Crippen MR) is 516 cm³/mol. The predicted octanol–water partition coefficient (Wildman–Crippen LogP) is 30.9. The largest absolute Gasteiger partial charge is 0.330 e. The van der Waals surface area contributed by atoms with Crippen molar-refractivity contribution in [2.45, 2.75) is 31.3 Å². The van der Waals surface area contributed by atoms with E-state index in [9.17, 15) is 0 Å². The smallest absolute Gasteiger partial charge is 0.234 e. The van der Waals surface area contributed by atoms with Crippen molar-refractivity contribution < 1.29 is 0 Å². The fraction of sp³-hybridized carbons (Fsp3) is 0.0424. The van der Waals surface area contributed by atoms with E-state index in [4.69, 9.17) is 15.0 Å². The van der Waals surface area contributed by atoms with Crippen molar-refractivity contribution in [2.75, 3.05) is 9.80 Å². The van der Waals surface area contributed by atoms with E-state index in [1.807, 2.05) is 0 Å². The molecule has 0 spiro atoms. The molecule has 20 aromatic rings. The molecule has 2 aliphatic carbocycles. The summed E-state index contributed by atoms with van der Waals surface area (Å²) in [7, 11) is 0. The van der Waals surface area contributed by atoms with Gasteiger partial charge in [-0.1, -0.05) is 360 Å². The summed E-state index contributed by atoms with van der Waals surface area (Å²) < 4.78 is 0. The number of fused-ring (bicyclic) bond motifs is 9. The van der Waals surface area contributed by atoms with Gasteiger partial charge >= 0.3 is 0 Å². The summed E-state index contributed by atoms with van der Waals surface area (Å²) in [5.74, 6) is 1.66. The van der Waals surface area contributed by atoms with E-state index in [2.05, 4.69) is 467 Å². The lowest BCUT2D eigenvalue weighted by Crippen LogP contribution is -2.52. The molecule has 0 saturated carbocycles. The van der Waals surface area contributed by atoms with Crippen molar-refractivity contribution in [3.63, 3.8) is 0 Å². The highest BCUT2D eigenvalue weighted by molar-refractivity contribution is 6.03. The van der Waals surface area contributed by atoms with Gasteiger partial charge in [-0.05, 0) is 274 Å². The van der Waals surface area contributed by atoms with Crippen molar-refractivity contribution in [3.8, 4) is 145 Å². The first-order valence-corrected chi connectivity index (χ1v) is 42.6. The first-order valence-electron chi connectivity index (χ1n) is 42.6. The minimum Gasteiger partial charge on any atom is -0.330 e. The molecule has 2 atom stereocenters. The molecule has 123 heavy (non-hydrogen) atoms. The highest BCUT2D eigenvalue weighted by Crippen LogP contribution is 2.57. The average Bonchev–Trinajstić information content (AvgIpc) is 1.59.